The summed E-state index contributed by atoms with van der Waals surface area (Å²) < 4.78 is 7.31. The molecule has 4 rings (SSSR count). The summed E-state index contributed by atoms with van der Waals surface area (Å²) in [6.07, 6.45) is 4.05. The number of carbonyl (C=O) groups is 2. The van der Waals surface area contributed by atoms with Crippen LogP contribution in [-0.2, 0) is 16.1 Å². The van der Waals surface area contributed by atoms with Crippen LogP contribution >= 0.6 is 23.1 Å². The summed E-state index contributed by atoms with van der Waals surface area (Å²) >= 11 is 2.67. The van der Waals surface area contributed by atoms with Gasteiger partial charge in [0.05, 0.1) is 11.9 Å². The summed E-state index contributed by atoms with van der Waals surface area (Å²) in [5.74, 6) is 0.743. The van der Waals surface area contributed by atoms with Gasteiger partial charge in [0, 0.05) is 23.4 Å². The Bertz CT molecular complexity index is 1150. The van der Waals surface area contributed by atoms with Crippen molar-refractivity contribution in [2.45, 2.75) is 49.6 Å². The summed E-state index contributed by atoms with van der Waals surface area (Å²) in [5, 5.41) is 14.2. The average molecular weight is 483 g/mol. The quantitative estimate of drug-likeness (QED) is 0.238. The third-order valence-electron chi connectivity index (χ3n) is 5.24. The lowest BCUT2D eigenvalue weighted by molar-refractivity contribution is -0.115. The van der Waals surface area contributed by atoms with Crippen molar-refractivity contribution in [3.05, 3.63) is 59.8 Å². The van der Waals surface area contributed by atoms with E-state index in [1.165, 1.54) is 23.1 Å². The molecule has 0 bridgehead atoms. The SMILES string of the molecule is C=CCn1c(SC(C)C(=O)Nc2scc(-c3ccccc3)c2C(=O)OCC)nnc1C1CC1. The number of esters is 1. The molecule has 1 fully saturated rings. The smallest absolute Gasteiger partial charge is 0.341 e. The van der Waals surface area contributed by atoms with E-state index in [1.54, 1.807) is 6.92 Å². The molecule has 1 amide bonds. The van der Waals surface area contributed by atoms with Crippen LogP contribution in [0.5, 0.6) is 0 Å². The molecule has 7 nitrogen and oxygen atoms in total. The molecule has 2 aromatic heterocycles. The molecule has 172 valence electrons. The van der Waals surface area contributed by atoms with Crippen molar-refractivity contribution in [1.82, 2.24) is 14.8 Å². The number of allylic oxidation sites excluding steroid dienone is 1. The number of nitrogens with one attached hydrogen (secondary N) is 1. The van der Waals surface area contributed by atoms with Crippen LogP contribution in [0.25, 0.3) is 11.1 Å². The monoisotopic (exact) mass is 482 g/mol. The van der Waals surface area contributed by atoms with Crippen LogP contribution < -0.4 is 5.32 Å². The number of aromatic nitrogens is 3. The fourth-order valence-corrected chi connectivity index (χ4v) is 5.27. The number of thioether (sulfide) groups is 1. The van der Waals surface area contributed by atoms with Gasteiger partial charge in [-0.2, -0.15) is 0 Å². The molecule has 1 unspecified atom stereocenters. The molecule has 0 radical (unpaired) electrons. The molecule has 1 atom stereocenters. The molecule has 1 aliphatic rings. The Morgan fingerprint density at radius 1 is 1.33 bits per heavy atom. The second kappa shape index (κ2) is 10.4. The zero-order valence-corrected chi connectivity index (χ0v) is 20.2. The van der Waals surface area contributed by atoms with E-state index in [-0.39, 0.29) is 12.5 Å². The molecule has 1 aliphatic carbocycles. The predicted octanol–water partition coefficient (Wildman–Crippen LogP) is 5.37. The Morgan fingerprint density at radius 2 is 2.09 bits per heavy atom. The molecule has 1 saturated carbocycles. The van der Waals surface area contributed by atoms with Gasteiger partial charge in [-0.05, 0) is 32.3 Å². The fraction of sp³-hybridized carbons (Fsp3) is 0.333. The average Bonchev–Trinajstić information content (AvgIpc) is 3.46. The number of carbonyl (C=O) groups excluding carboxylic acids is 2. The van der Waals surface area contributed by atoms with E-state index in [4.69, 9.17) is 4.74 Å². The Hall–Kier alpha value is -2.91. The molecular weight excluding hydrogens is 456 g/mol. The fourth-order valence-electron chi connectivity index (χ4n) is 3.44. The van der Waals surface area contributed by atoms with Crippen molar-refractivity contribution in [2.24, 2.45) is 0 Å². The molecule has 0 saturated heterocycles. The lowest BCUT2D eigenvalue weighted by atomic mass is 10.0. The van der Waals surface area contributed by atoms with Crippen LogP contribution in [0.15, 0.2) is 53.5 Å². The molecule has 1 N–H and O–H groups in total. The first kappa shape index (κ1) is 23.3. The van der Waals surface area contributed by atoms with Gasteiger partial charge in [0.1, 0.15) is 16.4 Å². The Balaban J connectivity index is 1.54. The maximum atomic E-state index is 13.1. The van der Waals surface area contributed by atoms with E-state index in [2.05, 4.69) is 22.1 Å². The van der Waals surface area contributed by atoms with Crippen molar-refractivity contribution in [1.29, 1.82) is 0 Å². The van der Waals surface area contributed by atoms with E-state index in [0.717, 1.165) is 29.8 Å². The molecule has 1 aromatic carbocycles. The molecule has 9 heteroatoms. The summed E-state index contributed by atoms with van der Waals surface area (Å²) in [6, 6.07) is 9.60. The summed E-state index contributed by atoms with van der Waals surface area (Å²) in [6.45, 7) is 8.27. The minimum absolute atomic E-state index is 0.215. The minimum Gasteiger partial charge on any atom is -0.462 e. The number of hydrogen-bond acceptors (Lipinski definition) is 7. The molecule has 33 heavy (non-hydrogen) atoms. The molecule has 0 aliphatic heterocycles. The number of thiophene rings is 1. The molecular formula is C24H26N4O3S2. The van der Waals surface area contributed by atoms with Gasteiger partial charge in [-0.3, -0.25) is 4.79 Å². The Morgan fingerprint density at radius 3 is 2.76 bits per heavy atom. The molecule has 2 heterocycles. The number of benzene rings is 1. The van der Waals surface area contributed by atoms with E-state index in [0.29, 0.717) is 28.2 Å². The topological polar surface area (TPSA) is 86.1 Å². The lowest BCUT2D eigenvalue weighted by Crippen LogP contribution is -2.23. The van der Waals surface area contributed by atoms with Crippen molar-refractivity contribution >= 4 is 40.0 Å². The van der Waals surface area contributed by atoms with Crippen molar-refractivity contribution < 1.29 is 14.3 Å². The molecule has 0 spiro atoms. The van der Waals surface area contributed by atoms with Crippen LogP contribution in [-0.4, -0.2) is 38.5 Å². The Kier molecular flexibility index (Phi) is 7.29. The number of anilines is 1. The predicted molar refractivity (Wildman–Crippen MR) is 132 cm³/mol. The van der Waals surface area contributed by atoms with E-state index in [9.17, 15) is 9.59 Å². The zero-order chi connectivity index (χ0) is 23.4. The van der Waals surface area contributed by atoms with E-state index < -0.39 is 11.2 Å². The van der Waals surface area contributed by atoms with Crippen LogP contribution in [0.2, 0.25) is 0 Å². The van der Waals surface area contributed by atoms with Gasteiger partial charge >= 0.3 is 5.97 Å². The van der Waals surface area contributed by atoms with Gasteiger partial charge < -0.3 is 14.6 Å². The third kappa shape index (κ3) is 5.20. The largest absolute Gasteiger partial charge is 0.462 e. The molecule has 3 aromatic rings. The standard InChI is InChI=1S/C24H26N4O3S2/c1-4-13-28-20(17-11-12-17)26-27-24(28)33-15(3)21(29)25-22-19(23(30)31-5-2)18(14-32-22)16-9-7-6-8-10-16/h4,6-10,14-15,17H,1,5,11-13H2,2-3H3,(H,25,29). The van der Waals surface area contributed by atoms with Gasteiger partial charge in [-0.15, -0.1) is 28.1 Å². The highest BCUT2D eigenvalue weighted by atomic mass is 32.2. The van der Waals surface area contributed by atoms with E-state index in [1.807, 2.05) is 53.3 Å². The van der Waals surface area contributed by atoms with Crippen LogP contribution in [0.3, 0.4) is 0 Å². The van der Waals surface area contributed by atoms with Crippen LogP contribution in [0, 0.1) is 0 Å². The van der Waals surface area contributed by atoms with Gasteiger partial charge in [0.15, 0.2) is 5.16 Å². The second-order valence-electron chi connectivity index (χ2n) is 7.70. The van der Waals surface area contributed by atoms with Crippen molar-refractivity contribution in [3.8, 4) is 11.1 Å². The Labute approximate surface area is 201 Å². The lowest BCUT2D eigenvalue weighted by Gasteiger charge is -2.13. The maximum absolute atomic E-state index is 13.1. The van der Waals surface area contributed by atoms with Crippen LogP contribution in [0.4, 0.5) is 5.00 Å². The van der Waals surface area contributed by atoms with Gasteiger partial charge in [0.2, 0.25) is 5.91 Å². The highest BCUT2D eigenvalue weighted by molar-refractivity contribution is 8.00. The van der Waals surface area contributed by atoms with Gasteiger partial charge in [-0.1, -0.05) is 48.2 Å². The first-order valence-corrected chi connectivity index (χ1v) is 12.6. The number of hydrogen-bond donors (Lipinski definition) is 1. The summed E-state index contributed by atoms with van der Waals surface area (Å²) in [5.41, 5.74) is 2.02. The number of rotatable bonds is 10. The first-order chi connectivity index (χ1) is 16.0. The number of amides is 1. The van der Waals surface area contributed by atoms with Gasteiger partial charge in [-0.25, -0.2) is 4.79 Å². The van der Waals surface area contributed by atoms with Crippen molar-refractivity contribution in [2.75, 3.05) is 11.9 Å². The zero-order valence-electron chi connectivity index (χ0n) is 18.6. The summed E-state index contributed by atoms with van der Waals surface area (Å²) in [7, 11) is 0. The third-order valence-corrected chi connectivity index (χ3v) is 7.22. The normalized spacial score (nSPS) is 14.0. The number of nitrogens with zero attached hydrogens (tertiary/aromatic N) is 3. The van der Waals surface area contributed by atoms with Crippen LogP contribution in [0.1, 0.15) is 48.8 Å². The minimum atomic E-state index is -0.451. The van der Waals surface area contributed by atoms with Crippen molar-refractivity contribution in [3.63, 3.8) is 0 Å². The second-order valence-corrected chi connectivity index (χ2v) is 9.89. The highest BCUT2D eigenvalue weighted by Crippen LogP contribution is 2.41. The highest BCUT2D eigenvalue weighted by Gasteiger charge is 2.31. The maximum Gasteiger partial charge on any atom is 0.341 e. The first-order valence-electron chi connectivity index (χ1n) is 10.9. The number of ether oxygens (including phenoxy) is 1. The van der Waals surface area contributed by atoms with E-state index >= 15 is 0 Å². The summed E-state index contributed by atoms with van der Waals surface area (Å²) in [4.78, 5) is 25.8. The van der Waals surface area contributed by atoms with Gasteiger partial charge in [0.25, 0.3) is 0 Å².